The highest BCUT2D eigenvalue weighted by atomic mass is 35.5. The van der Waals surface area contributed by atoms with E-state index in [1.54, 1.807) is 30.3 Å². The molecule has 0 radical (unpaired) electrons. The van der Waals surface area contributed by atoms with Crippen LogP contribution in [0.5, 0.6) is 0 Å². The molecule has 1 unspecified atom stereocenters. The molecule has 186 valence electrons. The molecule has 0 bridgehead atoms. The molecular formula is C27H27ClN4O4. The van der Waals surface area contributed by atoms with Crippen molar-refractivity contribution in [3.05, 3.63) is 74.4 Å². The van der Waals surface area contributed by atoms with E-state index in [0.29, 0.717) is 48.0 Å². The molecule has 9 heteroatoms. The van der Waals surface area contributed by atoms with E-state index in [1.807, 2.05) is 29.5 Å². The zero-order valence-electron chi connectivity index (χ0n) is 20.2. The summed E-state index contributed by atoms with van der Waals surface area (Å²) in [6, 6.07) is 9.36. The van der Waals surface area contributed by atoms with Gasteiger partial charge in [-0.1, -0.05) is 11.6 Å². The van der Waals surface area contributed by atoms with Gasteiger partial charge in [-0.3, -0.25) is 14.0 Å². The van der Waals surface area contributed by atoms with E-state index < -0.39 is 0 Å². The van der Waals surface area contributed by atoms with E-state index in [2.05, 4.69) is 9.97 Å². The zero-order chi connectivity index (χ0) is 25.0. The summed E-state index contributed by atoms with van der Waals surface area (Å²) in [5.41, 5.74) is 4.95. The Morgan fingerprint density at radius 1 is 1.22 bits per heavy atom. The van der Waals surface area contributed by atoms with E-state index in [-0.39, 0.29) is 23.3 Å². The van der Waals surface area contributed by atoms with Gasteiger partial charge in [0.05, 0.1) is 23.8 Å². The number of aromatic amines is 1. The Bertz CT molecular complexity index is 1550. The standard InChI is InChI=1S/C27H27ClN4O4/c1-15-9-23-21(30-26(33)24-12-29-25(32(23)24)16-5-7-36-8-6-16)11-19(15)27(34)31-13-17(14-35-2)20-10-18(28)3-4-22(20)31/h3-4,9-12,16-17H,5-8,13-14H2,1-2H3,(H,30,33). The molecule has 2 aliphatic heterocycles. The second-order valence-corrected chi connectivity index (χ2v) is 10.1. The van der Waals surface area contributed by atoms with Crippen LogP contribution in [0.15, 0.2) is 41.3 Å². The number of hydrogen-bond acceptors (Lipinski definition) is 5. The summed E-state index contributed by atoms with van der Waals surface area (Å²) in [7, 11) is 1.66. The lowest BCUT2D eigenvalue weighted by atomic mass is 9.99. The molecule has 1 N–H and O–H groups in total. The third-order valence-electron chi connectivity index (χ3n) is 7.41. The number of aromatic nitrogens is 3. The molecule has 0 spiro atoms. The molecule has 2 aromatic heterocycles. The quantitative estimate of drug-likeness (QED) is 0.442. The van der Waals surface area contributed by atoms with Crippen molar-refractivity contribution in [1.29, 1.82) is 0 Å². The van der Waals surface area contributed by atoms with Gasteiger partial charge in [-0.2, -0.15) is 0 Å². The molecule has 4 heterocycles. The first kappa shape index (κ1) is 23.2. The highest BCUT2D eigenvalue weighted by Gasteiger charge is 2.34. The molecule has 2 aliphatic rings. The van der Waals surface area contributed by atoms with Gasteiger partial charge in [0.2, 0.25) is 0 Å². The van der Waals surface area contributed by atoms with Crippen molar-refractivity contribution >= 4 is 39.7 Å². The minimum atomic E-state index is -0.225. The van der Waals surface area contributed by atoms with Crippen molar-refractivity contribution in [2.45, 2.75) is 31.6 Å². The topological polar surface area (TPSA) is 88.9 Å². The molecule has 8 nitrogen and oxygen atoms in total. The van der Waals surface area contributed by atoms with Gasteiger partial charge in [-0.15, -0.1) is 0 Å². The molecule has 0 aliphatic carbocycles. The predicted octanol–water partition coefficient (Wildman–Crippen LogP) is 4.42. The van der Waals surface area contributed by atoms with Gasteiger partial charge in [-0.25, -0.2) is 4.98 Å². The second kappa shape index (κ2) is 9.03. The molecule has 2 aromatic carbocycles. The smallest absolute Gasteiger partial charge is 0.274 e. The monoisotopic (exact) mass is 506 g/mol. The van der Waals surface area contributed by atoms with Crippen LogP contribution in [0.1, 0.15) is 52.0 Å². The van der Waals surface area contributed by atoms with Gasteiger partial charge in [0.25, 0.3) is 11.5 Å². The van der Waals surface area contributed by atoms with Crippen molar-refractivity contribution < 1.29 is 14.3 Å². The number of carbonyl (C=O) groups excluding carboxylic acids is 1. The number of rotatable bonds is 4. The van der Waals surface area contributed by atoms with Crippen LogP contribution in [0.3, 0.4) is 0 Å². The van der Waals surface area contributed by atoms with E-state index in [9.17, 15) is 9.59 Å². The number of methoxy groups -OCH3 is 1. The number of halogens is 1. The Morgan fingerprint density at radius 2 is 2.03 bits per heavy atom. The second-order valence-electron chi connectivity index (χ2n) is 9.63. The molecular weight excluding hydrogens is 480 g/mol. The lowest BCUT2D eigenvalue weighted by Crippen LogP contribution is -2.31. The third-order valence-corrected chi connectivity index (χ3v) is 7.64. The largest absolute Gasteiger partial charge is 0.384 e. The highest BCUT2D eigenvalue weighted by molar-refractivity contribution is 6.30. The maximum absolute atomic E-state index is 13.8. The number of amides is 1. The molecule has 4 aromatic rings. The molecule has 1 atom stereocenters. The zero-order valence-corrected chi connectivity index (χ0v) is 21.0. The van der Waals surface area contributed by atoms with Gasteiger partial charge in [0.15, 0.2) is 0 Å². The van der Waals surface area contributed by atoms with Crippen molar-refractivity contribution in [2.24, 2.45) is 0 Å². The number of carbonyl (C=O) groups is 1. The number of fused-ring (bicyclic) bond motifs is 4. The molecule has 1 saturated heterocycles. The minimum Gasteiger partial charge on any atom is -0.384 e. The van der Waals surface area contributed by atoms with E-state index >= 15 is 0 Å². The van der Waals surface area contributed by atoms with Crippen LogP contribution in [0.25, 0.3) is 16.6 Å². The summed E-state index contributed by atoms with van der Waals surface area (Å²) in [5.74, 6) is 1.02. The number of benzene rings is 2. The van der Waals surface area contributed by atoms with Crippen molar-refractivity contribution in [2.75, 3.05) is 38.4 Å². The van der Waals surface area contributed by atoms with Crippen molar-refractivity contribution in [3.63, 3.8) is 0 Å². The summed E-state index contributed by atoms with van der Waals surface area (Å²) in [6.45, 7) is 4.30. The van der Waals surface area contributed by atoms with Gasteiger partial charge >= 0.3 is 0 Å². The fourth-order valence-corrected chi connectivity index (χ4v) is 5.80. The summed E-state index contributed by atoms with van der Waals surface area (Å²) in [5, 5.41) is 0.633. The molecule has 0 saturated carbocycles. The number of imidazole rings is 1. The number of H-pyrrole nitrogens is 1. The first-order valence-electron chi connectivity index (χ1n) is 12.2. The lowest BCUT2D eigenvalue weighted by molar-refractivity contribution is 0.0835. The Labute approximate surface area is 212 Å². The van der Waals surface area contributed by atoms with Crippen molar-refractivity contribution in [1.82, 2.24) is 14.4 Å². The van der Waals surface area contributed by atoms with Crippen molar-refractivity contribution in [3.8, 4) is 0 Å². The summed E-state index contributed by atoms with van der Waals surface area (Å²) < 4.78 is 12.9. The summed E-state index contributed by atoms with van der Waals surface area (Å²) in [4.78, 5) is 36.2. The molecule has 1 amide bonds. The number of hydrogen-bond donors (Lipinski definition) is 1. The lowest BCUT2D eigenvalue weighted by Gasteiger charge is -2.22. The maximum atomic E-state index is 13.8. The van der Waals surface area contributed by atoms with Crippen LogP contribution in [0, 0.1) is 6.92 Å². The number of anilines is 1. The fourth-order valence-electron chi connectivity index (χ4n) is 5.61. The van der Waals surface area contributed by atoms with E-state index in [1.165, 1.54) is 0 Å². The van der Waals surface area contributed by atoms with Crippen LogP contribution in [0.4, 0.5) is 5.69 Å². The Hall–Kier alpha value is -3.20. The first-order chi connectivity index (χ1) is 17.5. The fraction of sp³-hybridized carbons (Fsp3) is 0.370. The van der Waals surface area contributed by atoms with Gasteiger partial charge in [0.1, 0.15) is 11.3 Å². The van der Waals surface area contributed by atoms with E-state index in [0.717, 1.165) is 41.0 Å². The number of nitrogens with zero attached hydrogens (tertiary/aromatic N) is 3. The predicted molar refractivity (Wildman–Crippen MR) is 139 cm³/mol. The normalized spacial score (nSPS) is 18.3. The Kier molecular flexibility index (Phi) is 5.82. The van der Waals surface area contributed by atoms with Crippen LogP contribution in [-0.4, -0.2) is 53.8 Å². The number of ether oxygens (including phenoxy) is 2. The van der Waals surface area contributed by atoms with Crippen LogP contribution in [-0.2, 0) is 9.47 Å². The maximum Gasteiger partial charge on any atom is 0.274 e. The number of nitrogens with one attached hydrogen (secondary N) is 1. The molecule has 36 heavy (non-hydrogen) atoms. The van der Waals surface area contributed by atoms with Gasteiger partial charge in [-0.05, 0) is 61.2 Å². The Balaban J connectivity index is 1.45. The van der Waals surface area contributed by atoms with Crippen LogP contribution >= 0.6 is 11.6 Å². The highest BCUT2D eigenvalue weighted by Crippen LogP contribution is 2.39. The van der Waals surface area contributed by atoms with Crippen LogP contribution < -0.4 is 10.5 Å². The summed E-state index contributed by atoms with van der Waals surface area (Å²) in [6.07, 6.45) is 3.37. The molecule has 1 fully saturated rings. The first-order valence-corrected chi connectivity index (χ1v) is 12.6. The average molecular weight is 507 g/mol. The summed E-state index contributed by atoms with van der Waals surface area (Å²) >= 11 is 6.25. The Morgan fingerprint density at radius 3 is 2.81 bits per heavy atom. The third kappa shape index (κ3) is 3.72. The van der Waals surface area contributed by atoms with Crippen LogP contribution in [0.2, 0.25) is 5.02 Å². The van der Waals surface area contributed by atoms with Gasteiger partial charge < -0.3 is 19.4 Å². The van der Waals surface area contributed by atoms with E-state index in [4.69, 9.17) is 21.1 Å². The number of aryl methyl sites for hydroxylation is 1. The average Bonchev–Trinajstić information content (AvgIpc) is 3.48. The SMILES string of the molecule is COCC1CN(C(=O)c2cc3[nH]c(=O)c4cnc(C5CCOCC5)n4c3cc2C)c2ccc(Cl)cc21. The minimum absolute atomic E-state index is 0.0424. The van der Waals surface area contributed by atoms with Gasteiger partial charge in [0, 0.05) is 55.0 Å². The molecule has 6 rings (SSSR count).